The molecule has 4 heterocycles. The van der Waals surface area contributed by atoms with Crippen molar-refractivity contribution in [3.05, 3.63) is 36.2 Å². The van der Waals surface area contributed by atoms with E-state index < -0.39 is 21.9 Å². The normalized spacial score (nSPS) is 18.6. The number of aromatic nitrogens is 2. The largest absolute Gasteiger partial charge is 0.431 e. The van der Waals surface area contributed by atoms with Crippen LogP contribution in [0.2, 0.25) is 0 Å². The lowest BCUT2D eigenvalue weighted by molar-refractivity contribution is -0.140. The molecule has 1 saturated heterocycles. The van der Waals surface area contributed by atoms with E-state index in [1.54, 1.807) is 12.1 Å². The third kappa shape index (κ3) is 3.79. The van der Waals surface area contributed by atoms with Crippen LogP contribution in [0.15, 0.2) is 34.7 Å². The van der Waals surface area contributed by atoms with Crippen molar-refractivity contribution in [1.82, 2.24) is 14.7 Å². The molecule has 2 N–H and O–H groups in total. The fraction of sp³-hybridized carbons (Fsp3) is 0.353. The Labute approximate surface area is 162 Å². The average Bonchev–Trinajstić information content (AvgIpc) is 3.29. The third-order valence-corrected chi connectivity index (χ3v) is 7.56. The zero-order chi connectivity index (χ0) is 19.9. The lowest BCUT2D eigenvalue weighted by atomic mass is 10.1. The Balaban J connectivity index is 1.66. The molecular weight excluding hydrogens is 415 g/mol. The topological polar surface area (TPSA) is 84.1 Å². The van der Waals surface area contributed by atoms with Crippen LogP contribution in [0.5, 0.6) is 0 Å². The predicted octanol–water partition coefficient (Wildman–Crippen LogP) is 3.77. The van der Waals surface area contributed by atoms with Crippen LogP contribution in [0.25, 0.3) is 21.5 Å². The number of alkyl halides is 3. The first-order chi connectivity index (χ1) is 13.2. The summed E-state index contributed by atoms with van der Waals surface area (Å²) in [6, 6.07) is 5.32. The first-order valence-electron chi connectivity index (χ1n) is 8.49. The number of halogens is 3. The Morgan fingerprint density at radius 1 is 1.29 bits per heavy atom. The number of thiophene rings is 1. The second-order valence-electron chi connectivity index (χ2n) is 6.46. The Kier molecular flexibility index (Phi) is 4.94. The predicted molar refractivity (Wildman–Crippen MR) is 98.6 cm³/mol. The highest BCUT2D eigenvalue weighted by Crippen LogP contribution is 2.37. The summed E-state index contributed by atoms with van der Waals surface area (Å²) in [5.41, 5.74) is -0.310. The van der Waals surface area contributed by atoms with Crippen LogP contribution in [-0.4, -0.2) is 37.6 Å². The number of pyridine rings is 1. The van der Waals surface area contributed by atoms with Crippen LogP contribution in [0, 0.1) is 0 Å². The van der Waals surface area contributed by atoms with Gasteiger partial charge in [0.05, 0.1) is 6.61 Å². The van der Waals surface area contributed by atoms with Crippen LogP contribution in [-0.2, 0) is 20.9 Å². The maximum Gasteiger partial charge on any atom is 0.431 e. The lowest BCUT2D eigenvalue weighted by Crippen LogP contribution is -2.40. The van der Waals surface area contributed by atoms with Crippen LogP contribution in [0.4, 0.5) is 13.2 Å². The minimum atomic E-state index is -4.52. The fourth-order valence-electron chi connectivity index (χ4n) is 3.11. The monoisotopic (exact) mass is 431 g/mol. The Morgan fingerprint density at radius 2 is 2.11 bits per heavy atom. The molecule has 1 atom stereocenters. The Morgan fingerprint density at radius 3 is 2.82 bits per heavy atom. The van der Waals surface area contributed by atoms with E-state index in [0.717, 1.165) is 23.8 Å². The maximum absolute atomic E-state index is 13.0. The maximum atomic E-state index is 13.0. The van der Waals surface area contributed by atoms with E-state index in [4.69, 9.17) is 4.74 Å². The van der Waals surface area contributed by atoms with Gasteiger partial charge in [-0.2, -0.15) is 13.2 Å². The van der Waals surface area contributed by atoms with Crippen molar-refractivity contribution in [2.45, 2.75) is 29.3 Å². The molecule has 4 rings (SSSR count). The summed E-state index contributed by atoms with van der Waals surface area (Å²) in [6.07, 6.45) is -1.65. The molecule has 3 aromatic rings. The summed E-state index contributed by atoms with van der Waals surface area (Å²) in [6.45, 7) is 0.946. The standard InChI is InChI=1S/C17H16F3N3O3S2/c18-17(19,20)14-8-12-11(5-6-21-16(12)22-14)13-3-4-15(27-13)28(24,25)23-10-2-1-7-26-9-10/h3-6,8,10,23H,1-2,7,9H2,(H,21,22). The van der Waals surface area contributed by atoms with Gasteiger partial charge in [-0.05, 0) is 37.1 Å². The van der Waals surface area contributed by atoms with Crippen LogP contribution in [0.1, 0.15) is 18.5 Å². The van der Waals surface area contributed by atoms with Crippen molar-refractivity contribution >= 4 is 32.4 Å². The SMILES string of the molecule is O=S(=O)(NC1CCCOC1)c1ccc(-c2ccnc3[nH]c(C(F)(F)F)cc23)s1. The summed E-state index contributed by atoms with van der Waals surface area (Å²) < 4.78 is 72.2. The summed E-state index contributed by atoms with van der Waals surface area (Å²) in [7, 11) is -3.73. The van der Waals surface area contributed by atoms with Crippen LogP contribution < -0.4 is 4.72 Å². The number of ether oxygens (including phenoxy) is 1. The molecule has 1 aliphatic rings. The van der Waals surface area contributed by atoms with Crippen LogP contribution >= 0.6 is 11.3 Å². The average molecular weight is 431 g/mol. The summed E-state index contributed by atoms with van der Waals surface area (Å²) in [5.74, 6) is 0. The van der Waals surface area contributed by atoms with Gasteiger partial charge in [0.15, 0.2) is 0 Å². The number of fused-ring (bicyclic) bond motifs is 1. The van der Waals surface area contributed by atoms with Crippen LogP contribution in [0.3, 0.4) is 0 Å². The van der Waals surface area contributed by atoms with Gasteiger partial charge >= 0.3 is 6.18 Å². The van der Waals surface area contributed by atoms with E-state index in [-0.39, 0.29) is 21.3 Å². The molecule has 3 aromatic heterocycles. The highest BCUT2D eigenvalue weighted by molar-refractivity contribution is 7.91. The third-order valence-electron chi connectivity index (χ3n) is 4.43. The van der Waals surface area contributed by atoms with Crippen molar-refractivity contribution in [3.8, 4) is 10.4 Å². The lowest BCUT2D eigenvalue weighted by Gasteiger charge is -2.22. The number of nitrogens with one attached hydrogen (secondary N) is 2. The number of nitrogens with zero attached hydrogens (tertiary/aromatic N) is 1. The summed E-state index contributed by atoms with van der Waals surface area (Å²) in [4.78, 5) is 6.74. The quantitative estimate of drug-likeness (QED) is 0.659. The molecule has 1 unspecified atom stereocenters. The molecule has 1 fully saturated rings. The van der Waals surface area contributed by atoms with Gasteiger partial charge in [0.25, 0.3) is 0 Å². The molecule has 28 heavy (non-hydrogen) atoms. The van der Waals surface area contributed by atoms with Gasteiger partial charge in [-0.15, -0.1) is 11.3 Å². The highest BCUT2D eigenvalue weighted by Gasteiger charge is 2.33. The Hall–Kier alpha value is -1.95. The molecule has 150 valence electrons. The second-order valence-corrected chi connectivity index (χ2v) is 9.48. The number of aromatic amines is 1. The zero-order valence-corrected chi connectivity index (χ0v) is 16.0. The van der Waals surface area contributed by atoms with E-state index >= 15 is 0 Å². The van der Waals surface area contributed by atoms with E-state index in [1.165, 1.54) is 12.3 Å². The van der Waals surface area contributed by atoms with Crippen molar-refractivity contribution in [2.24, 2.45) is 0 Å². The molecule has 6 nitrogen and oxygen atoms in total. The van der Waals surface area contributed by atoms with Gasteiger partial charge in [-0.3, -0.25) is 0 Å². The van der Waals surface area contributed by atoms with Crippen molar-refractivity contribution in [2.75, 3.05) is 13.2 Å². The Bertz CT molecular complexity index is 1100. The van der Waals surface area contributed by atoms with E-state index in [2.05, 4.69) is 14.7 Å². The van der Waals surface area contributed by atoms with E-state index in [0.29, 0.717) is 30.1 Å². The number of hydrogen-bond donors (Lipinski definition) is 2. The van der Waals surface area contributed by atoms with Crippen molar-refractivity contribution in [3.63, 3.8) is 0 Å². The molecule has 1 aliphatic heterocycles. The second kappa shape index (κ2) is 7.14. The molecule has 0 amide bonds. The minimum Gasteiger partial charge on any atom is -0.380 e. The van der Waals surface area contributed by atoms with Gasteiger partial charge in [-0.1, -0.05) is 0 Å². The van der Waals surface area contributed by atoms with Gasteiger partial charge < -0.3 is 9.72 Å². The van der Waals surface area contributed by atoms with Gasteiger partial charge in [0.1, 0.15) is 15.6 Å². The smallest absolute Gasteiger partial charge is 0.380 e. The number of sulfonamides is 1. The number of H-pyrrole nitrogens is 1. The van der Waals surface area contributed by atoms with Gasteiger partial charge in [-0.25, -0.2) is 18.1 Å². The highest BCUT2D eigenvalue weighted by atomic mass is 32.2. The molecule has 0 aliphatic carbocycles. The van der Waals surface area contributed by atoms with E-state index in [1.807, 2.05) is 0 Å². The molecule has 0 bridgehead atoms. The minimum absolute atomic E-state index is 0.0973. The first-order valence-corrected chi connectivity index (χ1v) is 10.8. The molecule has 0 saturated carbocycles. The van der Waals surface area contributed by atoms with Gasteiger partial charge in [0.2, 0.25) is 10.0 Å². The summed E-state index contributed by atoms with van der Waals surface area (Å²) >= 11 is 0.999. The molecular formula is C17H16F3N3O3S2. The number of rotatable bonds is 4. The molecule has 0 aromatic carbocycles. The fourth-order valence-corrected chi connectivity index (χ4v) is 5.73. The van der Waals surface area contributed by atoms with Crippen molar-refractivity contribution in [1.29, 1.82) is 0 Å². The zero-order valence-electron chi connectivity index (χ0n) is 14.4. The van der Waals surface area contributed by atoms with Crippen molar-refractivity contribution < 1.29 is 26.3 Å². The summed E-state index contributed by atoms with van der Waals surface area (Å²) in [5, 5.41) is 0.286. The number of hydrogen-bond acceptors (Lipinski definition) is 5. The molecule has 11 heteroatoms. The molecule has 0 spiro atoms. The molecule has 0 radical (unpaired) electrons. The first kappa shape index (κ1) is 19.4. The van der Waals surface area contributed by atoms with E-state index in [9.17, 15) is 21.6 Å². The van der Waals surface area contributed by atoms with Gasteiger partial charge in [0, 0.05) is 34.7 Å².